The predicted octanol–water partition coefficient (Wildman–Crippen LogP) is 3.62. The van der Waals surface area contributed by atoms with Crippen molar-refractivity contribution in [1.29, 1.82) is 0 Å². The number of aromatic nitrogens is 2. The molecule has 1 amide bonds. The van der Waals surface area contributed by atoms with E-state index in [4.69, 9.17) is 5.10 Å². The van der Waals surface area contributed by atoms with Gasteiger partial charge in [0.05, 0.1) is 11.4 Å². The molecule has 27 heavy (non-hydrogen) atoms. The van der Waals surface area contributed by atoms with Crippen LogP contribution in [0.15, 0.2) is 54.0 Å². The fraction of sp³-hybridized carbons (Fsp3) is 0.333. The monoisotopic (exact) mass is 382 g/mol. The van der Waals surface area contributed by atoms with E-state index in [9.17, 15) is 4.79 Å². The Hall–Kier alpha value is -2.44. The van der Waals surface area contributed by atoms with Crippen LogP contribution in [0.1, 0.15) is 24.0 Å². The summed E-state index contributed by atoms with van der Waals surface area (Å²) in [6.45, 7) is 2.32. The van der Waals surface area contributed by atoms with Crippen LogP contribution in [0.25, 0.3) is 10.6 Å². The molecule has 5 nitrogen and oxygen atoms in total. The average Bonchev–Trinajstić information content (AvgIpc) is 3.31. The van der Waals surface area contributed by atoms with Crippen LogP contribution in [0.2, 0.25) is 0 Å². The Bertz CT molecular complexity index is 840. The second-order valence-electron chi connectivity index (χ2n) is 6.73. The first kappa shape index (κ1) is 19.3. The number of amides is 1. The number of benzene rings is 1. The number of nitrogens with zero attached hydrogens (tertiary/aromatic N) is 3. The lowest BCUT2D eigenvalue weighted by Crippen LogP contribution is -2.23. The Kier molecular flexibility index (Phi) is 6.79. The number of thiophene rings is 1. The Balaban J connectivity index is 1.63. The van der Waals surface area contributed by atoms with Crippen LogP contribution < -0.4 is 5.32 Å². The summed E-state index contributed by atoms with van der Waals surface area (Å²) in [5.41, 5.74) is 3.46. The maximum absolute atomic E-state index is 11.6. The molecule has 0 saturated heterocycles. The highest BCUT2D eigenvalue weighted by atomic mass is 32.1. The van der Waals surface area contributed by atoms with Gasteiger partial charge in [0, 0.05) is 38.8 Å². The van der Waals surface area contributed by atoms with E-state index in [0.29, 0.717) is 6.42 Å². The Morgan fingerprint density at radius 1 is 1.19 bits per heavy atom. The van der Waals surface area contributed by atoms with Gasteiger partial charge in [-0.15, -0.1) is 11.3 Å². The molecular weight excluding hydrogens is 356 g/mol. The molecule has 6 heteroatoms. The number of nitrogens with one attached hydrogen (secondary N) is 1. The molecular formula is C21H26N4OS. The Labute approximate surface area is 164 Å². The molecule has 0 bridgehead atoms. The van der Waals surface area contributed by atoms with Crippen molar-refractivity contribution in [1.82, 2.24) is 20.0 Å². The van der Waals surface area contributed by atoms with Gasteiger partial charge in [0.15, 0.2) is 0 Å². The first-order chi connectivity index (χ1) is 13.1. The van der Waals surface area contributed by atoms with Gasteiger partial charge in [-0.3, -0.25) is 9.48 Å². The lowest BCUT2D eigenvalue weighted by molar-refractivity contribution is -0.128. The summed E-state index contributed by atoms with van der Waals surface area (Å²) in [6, 6.07) is 14.5. The predicted molar refractivity (Wildman–Crippen MR) is 111 cm³/mol. The van der Waals surface area contributed by atoms with E-state index >= 15 is 0 Å². The summed E-state index contributed by atoms with van der Waals surface area (Å²) < 4.78 is 2.01. The van der Waals surface area contributed by atoms with Gasteiger partial charge in [-0.2, -0.15) is 5.10 Å². The topological polar surface area (TPSA) is 50.2 Å². The zero-order valence-electron chi connectivity index (χ0n) is 15.9. The van der Waals surface area contributed by atoms with Crippen LogP contribution in [0.3, 0.4) is 0 Å². The average molecular weight is 383 g/mol. The van der Waals surface area contributed by atoms with Gasteiger partial charge >= 0.3 is 0 Å². The molecule has 0 fully saturated rings. The second-order valence-corrected chi connectivity index (χ2v) is 7.68. The van der Waals surface area contributed by atoms with Crippen molar-refractivity contribution in [2.75, 3.05) is 20.6 Å². The van der Waals surface area contributed by atoms with Crippen molar-refractivity contribution in [3.63, 3.8) is 0 Å². The maximum atomic E-state index is 11.6. The van der Waals surface area contributed by atoms with Crippen molar-refractivity contribution in [2.45, 2.75) is 25.9 Å². The molecule has 0 aliphatic heterocycles. The molecule has 0 spiro atoms. The fourth-order valence-electron chi connectivity index (χ4n) is 2.88. The van der Waals surface area contributed by atoms with Crippen molar-refractivity contribution in [2.24, 2.45) is 0 Å². The highest BCUT2D eigenvalue weighted by Gasteiger charge is 2.12. The minimum absolute atomic E-state index is 0.173. The van der Waals surface area contributed by atoms with Gasteiger partial charge in [0.2, 0.25) is 5.91 Å². The largest absolute Gasteiger partial charge is 0.349 e. The molecule has 2 aromatic heterocycles. The summed E-state index contributed by atoms with van der Waals surface area (Å²) >= 11 is 1.71. The molecule has 1 aromatic carbocycles. The standard InChI is InChI=1S/C21H26N4OS/c1-24(2)20(26)11-6-12-22-14-18-16-25(15-17-8-4-3-5-9-17)23-21(18)19-10-7-13-27-19/h3-5,7-10,13,16,22H,6,11-12,14-15H2,1-2H3. The van der Waals surface area contributed by atoms with Crippen LogP contribution in [-0.4, -0.2) is 41.2 Å². The molecule has 0 radical (unpaired) electrons. The van der Waals surface area contributed by atoms with Crippen molar-refractivity contribution in [3.8, 4) is 10.6 Å². The Morgan fingerprint density at radius 3 is 2.70 bits per heavy atom. The number of hydrogen-bond acceptors (Lipinski definition) is 4. The second kappa shape index (κ2) is 9.48. The molecule has 0 atom stereocenters. The zero-order chi connectivity index (χ0) is 19.1. The van der Waals surface area contributed by atoms with Crippen LogP contribution in [0.5, 0.6) is 0 Å². The van der Waals surface area contributed by atoms with Crippen LogP contribution >= 0.6 is 11.3 Å². The molecule has 1 N–H and O–H groups in total. The highest BCUT2D eigenvalue weighted by molar-refractivity contribution is 7.13. The van der Waals surface area contributed by atoms with E-state index in [0.717, 1.165) is 31.7 Å². The van der Waals surface area contributed by atoms with Crippen LogP contribution in [0, 0.1) is 0 Å². The van der Waals surface area contributed by atoms with Crippen molar-refractivity contribution >= 4 is 17.2 Å². The van der Waals surface area contributed by atoms with E-state index in [2.05, 4.69) is 53.3 Å². The molecule has 142 valence electrons. The minimum Gasteiger partial charge on any atom is -0.349 e. The molecule has 0 aliphatic rings. The maximum Gasteiger partial charge on any atom is 0.222 e. The molecule has 0 aliphatic carbocycles. The van der Waals surface area contributed by atoms with Gasteiger partial charge in [-0.05, 0) is 30.0 Å². The van der Waals surface area contributed by atoms with Crippen molar-refractivity contribution < 1.29 is 4.79 Å². The summed E-state index contributed by atoms with van der Waals surface area (Å²) in [6.07, 6.45) is 3.54. The first-order valence-electron chi connectivity index (χ1n) is 9.18. The van der Waals surface area contributed by atoms with Crippen LogP contribution in [0.4, 0.5) is 0 Å². The normalized spacial score (nSPS) is 10.9. The molecule has 3 rings (SSSR count). The third kappa shape index (κ3) is 5.52. The van der Waals surface area contributed by atoms with Gasteiger partial charge in [-0.1, -0.05) is 36.4 Å². The van der Waals surface area contributed by atoms with Gasteiger partial charge in [0.1, 0.15) is 5.69 Å². The smallest absolute Gasteiger partial charge is 0.222 e. The highest BCUT2D eigenvalue weighted by Crippen LogP contribution is 2.27. The summed E-state index contributed by atoms with van der Waals surface area (Å²) in [5.74, 6) is 0.173. The van der Waals surface area contributed by atoms with Gasteiger partial charge in [-0.25, -0.2) is 0 Å². The molecule has 3 aromatic rings. The molecule has 2 heterocycles. The summed E-state index contributed by atoms with van der Waals surface area (Å²) in [5, 5.41) is 10.4. The lowest BCUT2D eigenvalue weighted by atomic mass is 10.2. The SMILES string of the molecule is CN(C)C(=O)CCCNCc1cn(Cc2ccccc2)nc1-c1cccs1. The third-order valence-corrected chi connectivity index (χ3v) is 5.21. The Morgan fingerprint density at radius 2 is 2.00 bits per heavy atom. The molecule has 0 unspecified atom stereocenters. The van der Waals surface area contributed by atoms with E-state index in [1.807, 2.05) is 10.7 Å². The number of hydrogen-bond donors (Lipinski definition) is 1. The van der Waals surface area contributed by atoms with Crippen LogP contribution in [-0.2, 0) is 17.9 Å². The van der Waals surface area contributed by atoms with E-state index in [1.54, 1.807) is 30.3 Å². The van der Waals surface area contributed by atoms with E-state index in [1.165, 1.54) is 16.0 Å². The number of carbonyl (C=O) groups excluding carboxylic acids is 1. The zero-order valence-corrected chi connectivity index (χ0v) is 16.7. The van der Waals surface area contributed by atoms with E-state index < -0.39 is 0 Å². The molecule has 0 saturated carbocycles. The number of rotatable bonds is 9. The first-order valence-corrected chi connectivity index (χ1v) is 10.1. The third-order valence-electron chi connectivity index (χ3n) is 4.34. The van der Waals surface area contributed by atoms with Gasteiger partial charge < -0.3 is 10.2 Å². The quantitative estimate of drug-likeness (QED) is 0.575. The van der Waals surface area contributed by atoms with E-state index in [-0.39, 0.29) is 5.91 Å². The number of carbonyl (C=O) groups is 1. The summed E-state index contributed by atoms with van der Waals surface area (Å²) in [7, 11) is 3.59. The lowest BCUT2D eigenvalue weighted by Gasteiger charge is -2.10. The van der Waals surface area contributed by atoms with Gasteiger partial charge in [0.25, 0.3) is 0 Å². The fourth-order valence-corrected chi connectivity index (χ4v) is 3.62. The summed E-state index contributed by atoms with van der Waals surface area (Å²) in [4.78, 5) is 14.5. The van der Waals surface area contributed by atoms with Crippen molar-refractivity contribution in [3.05, 3.63) is 65.2 Å². The minimum atomic E-state index is 0.173.